The Bertz CT molecular complexity index is 182. The normalized spacial score (nSPS) is 26.6. The number of rotatable bonds is 6. The fourth-order valence-corrected chi connectivity index (χ4v) is 2.83. The van der Waals surface area contributed by atoms with Crippen molar-refractivity contribution in [3.63, 3.8) is 0 Å². The number of likely N-dealkylation sites (tertiary alicyclic amines) is 1. The lowest BCUT2D eigenvalue weighted by Crippen LogP contribution is -2.52. The van der Waals surface area contributed by atoms with Crippen LogP contribution in [-0.4, -0.2) is 36.1 Å². The number of nitrogens with one attached hydrogen (secondary N) is 1. The van der Waals surface area contributed by atoms with Crippen molar-refractivity contribution in [2.24, 2.45) is 0 Å². The van der Waals surface area contributed by atoms with E-state index in [4.69, 9.17) is 0 Å². The van der Waals surface area contributed by atoms with Crippen LogP contribution < -0.4 is 5.32 Å². The lowest BCUT2D eigenvalue weighted by Gasteiger charge is -2.42. The third-order valence-electron chi connectivity index (χ3n) is 4.11. The molecule has 0 aromatic heterocycles. The molecular formula is C14H30N2. The Labute approximate surface area is 102 Å². The first-order chi connectivity index (χ1) is 7.70. The molecule has 0 aromatic carbocycles. The van der Waals surface area contributed by atoms with Gasteiger partial charge in [0.1, 0.15) is 0 Å². The summed E-state index contributed by atoms with van der Waals surface area (Å²) in [6.07, 6.45) is 6.76. The molecule has 1 N–H and O–H groups in total. The highest BCUT2D eigenvalue weighted by molar-refractivity contribution is 4.85. The first-order valence-corrected chi connectivity index (χ1v) is 7.19. The van der Waals surface area contributed by atoms with Gasteiger partial charge in [-0.3, -0.25) is 4.90 Å². The summed E-state index contributed by atoms with van der Waals surface area (Å²) >= 11 is 0. The maximum atomic E-state index is 3.63. The van der Waals surface area contributed by atoms with E-state index in [-0.39, 0.29) is 0 Å². The van der Waals surface area contributed by atoms with Gasteiger partial charge in [0.25, 0.3) is 0 Å². The summed E-state index contributed by atoms with van der Waals surface area (Å²) in [4.78, 5) is 2.73. The average molecular weight is 226 g/mol. The molecule has 0 amide bonds. The fourth-order valence-electron chi connectivity index (χ4n) is 2.83. The highest BCUT2D eigenvalue weighted by atomic mass is 15.2. The van der Waals surface area contributed by atoms with Crippen molar-refractivity contribution in [3.8, 4) is 0 Å². The Morgan fingerprint density at radius 1 is 1.25 bits per heavy atom. The minimum atomic E-state index is 0.618. The minimum absolute atomic E-state index is 0.618. The molecule has 16 heavy (non-hydrogen) atoms. The van der Waals surface area contributed by atoms with Crippen LogP contribution >= 0.6 is 0 Å². The molecule has 0 saturated carbocycles. The summed E-state index contributed by atoms with van der Waals surface area (Å²) in [6, 6.07) is 2.12. The van der Waals surface area contributed by atoms with E-state index in [1.165, 1.54) is 38.6 Å². The van der Waals surface area contributed by atoms with Crippen molar-refractivity contribution in [1.29, 1.82) is 0 Å². The molecule has 2 heteroatoms. The minimum Gasteiger partial charge on any atom is -0.313 e. The molecule has 3 atom stereocenters. The second-order valence-corrected chi connectivity index (χ2v) is 5.28. The average Bonchev–Trinajstić information content (AvgIpc) is 2.34. The molecule has 1 heterocycles. The lowest BCUT2D eigenvalue weighted by molar-refractivity contribution is 0.0822. The summed E-state index contributed by atoms with van der Waals surface area (Å²) < 4.78 is 0. The summed E-state index contributed by atoms with van der Waals surface area (Å²) in [6.45, 7) is 11.7. The lowest BCUT2D eigenvalue weighted by atomic mass is 9.96. The van der Waals surface area contributed by atoms with Crippen LogP contribution in [0, 0.1) is 0 Å². The smallest absolute Gasteiger partial charge is 0.0221 e. The van der Waals surface area contributed by atoms with Crippen LogP contribution in [0.1, 0.15) is 59.8 Å². The number of piperidine rings is 1. The molecule has 1 fully saturated rings. The predicted molar refractivity (Wildman–Crippen MR) is 71.9 cm³/mol. The first-order valence-electron chi connectivity index (χ1n) is 7.19. The molecule has 3 unspecified atom stereocenters. The highest BCUT2D eigenvalue weighted by Gasteiger charge is 2.27. The zero-order valence-electron chi connectivity index (χ0n) is 11.6. The Kier molecular flexibility index (Phi) is 6.37. The Hall–Kier alpha value is -0.0800. The highest BCUT2D eigenvalue weighted by Crippen LogP contribution is 2.22. The van der Waals surface area contributed by atoms with Crippen molar-refractivity contribution < 1.29 is 0 Å². The van der Waals surface area contributed by atoms with Crippen LogP contribution in [0.3, 0.4) is 0 Å². The topological polar surface area (TPSA) is 15.3 Å². The molecule has 1 aliphatic rings. The molecule has 1 rings (SSSR count). The number of hydrogen-bond acceptors (Lipinski definition) is 2. The molecule has 1 aliphatic heterocycles. The van der Waals surface area contributed by atoms with Crippen LogP contribution in [0.2, 0.25) is 0 Å². The third kappa shape index (κ3) is 3.74. The molecule has 2 nitrogen and oxygen atoms in total. The zero-order chi connectivity index (χ0) is 12.0. The third-order valence-corrected chi connectivity index (χ3v) is 4.11. The van der Waals surface area contributed by atoms with Crippen LogP contribution in [0.5, 0.6) is 0 Å². The van der Waals surface area contributed by atoms with Gasteiger partial charge in [-0.25, -0.2) is 0 Å². The van der Waals surface area contributed by atoms with E-state index in [0.717, 1.165) is 12.6 Å². The van der Waals surface area contributed by atoms with Gasteiger partial charge in [0, 0.05) is 18.1 Å². The molecule has 0 aliphatic carbocycles. The summed E-state index contributed by atoms with van der Waals surface area (Å²) in [5.74, 6) is 0. The van der Waals surface area contributed by atoms with Gasteiger partial charge in [0.05, 0.1) is 0 Å². The standard InChI is InChI=1S/C14H30N2/c1-5-10-15-12(3)13(4)16-11-8-7-9-14(16)6-2/h12-15H,5-11H2,1-4H3. The maximum Gasteiger partial charge on any atom is 0.0221 e. The quantitative estimate of drug-likeness (QED) is 0.749. The van der Waals surface area contributed by atoms with Gasteiger partial charge in [0.2, 0.25) is 0 Å². The Morgan fingerprint density at radius 2 is 2.00 bits per heavy atom. The first kappa shape index (κ1) is 14.0. The Morgan fingerprint density at radius 3 is 2.62 bits per heavy atom. The van der Waals surface area contributed by atoms with E-state index in [1.807, 2.05) is 0 Å². The monoisotopic (exact) mass is 226 g/mol. The van der Waals surface area contributed by atoms with Crippen molar-refractivity contribution in [2.75, 3.05) is 13.1 Å². The van der Waals surface area contributed by atoms with E-state index in [0.29, 0.717) is 12.1 Å². The van der Waals surface area contributed by atoms with Crippen LogP contribution in [-0.2, 0) is 0 Å². The van der Waals surface area contributed by atoms with Gasteiger partial charge in [-0.15, -0.1) is 0 Å². The second kappa shape index (κ2) is 7.29. The fraction of sp³-hybridized carbons (Fsp3) is 1.00. The molecule has 96 valence electrons. The van der Waals surface area contributed by atoms with E-state index in [9.17, 15) is 0 Å². The summed E-state index contributed by atoms with van der Waals surface area (Å²) in [5, 5.41) is 3.63. The van der Waals surface area contributed by atoms with Gasteiger partial charge in [-0.1, -0.05) is 20.3 Å². The summed E-state index contributed by atoms with van der Waals surface area (Å²) in [5.41, 5.74) is 0. The van der Waals surface area contributed by atoms with Crippen LogP contribution in [0.25, 0.3) is 0 Å². The van der Waals surface area contributed by atoms with Gasteiger partial charge in [0.15, 0.2) is 0 Å². The molecule has 0 bridgehead atoms. The second-order valence-electron chi connectivity index (χ2n) is 5.28. The molecule has 0 aromatic rings. The van der Waals surface area contributed by atoms with Gasteiger partial charge >= 0.3 is 0 Å². The molecule has 1 saturated heterocycles. The SMILES string of the molecule is CCCNC(C)C(C)N1CCCCC1CC. The molecule has 0 spiro atoms. The number of nitrogens with zero attached hydrogens (tertiary/aromatic N) is 1. The van der Waals surface area contributed by atoms with E-state index in [2.05, 4.69) is 37.9 Å². The van der Waals surface area contributed by atoms with Gasteiger partial charge < -0.3 is 5.32 Å². The van der Waals surface area contributed by atoms with Crippen LogP contribution in [0.15, 0.2) is 0 Å². The van der Waals surface area contributed by atoms with Crippen LogP contribution in [0.4, 0.5) is 0 Å². The molecular weight excluding hydrogens is 196 g/mol. The van der Waals surface area contributed by atoms with Crippen molar-refractivity contribution >= 4 is 0 Å². The largest absolute Gasteiger partial charge is 0.313 e. The maximum absolute atomic E-state index is 3.63. The summed E-state index contributed by atoms with van der Waals surface area (Å²) in [7, 11) is 0. The van der Waals surface area contributed by atoms with E-state index in [1.54, 1.807) is 0 Å². The Balaban J connectivity index is 2.45. The molecule has 0 radical (unpaired) electrons. The van der Waals surface area contributed by atoms with E-state index >= 15 is 0 Å². The van der Waals surface area contributed by atoms with Crippen molar-refractivity contribution in [3.05, 3.63) is 0 Å². The number of hydrogen-bond donors (Lipinski definition) is 1. The van der Waals surface area contributed by atoms with E-state index < -0.39 is 0 Å². The van der Waals surface area contributed by atoms with Crippen molar-refractivity contribution in [2.45, 2.75) is 77.9 Å². The predicted octanol–water partition coefficient (Wildman–Crippen LogP) is 3.03. The van der Waals surface area contributed by atoms with Crippen molar-refractivity contribution in [1.82, 2.24) is 10.2 Å². The van der Waals surface area contributed by atoms with Gasteiger partial charge in [-0.05, 0) is 52.6 Å². The zero-order valence-corrected chi connectivity index (χ0v) is 11.6. The van der Waals surface area contributed by atoms with Gasteiger partial charge in [-0.2, -0.15) is 0 Å².